The number of aromatic nitrogens is 1. The fourth-order valence-electron chi connectivity index (χ4n) is 1.42. The summed E-state index contributed by atoms with van der Waals surface area (Å²) in [4.78, 5) is 4.43. The molecule has 1 aromatic carbocycles. The van der Waals surface area contributed by atoms with Crippen molar-refractivity contribution in [2.45, 2.75) is 18.4 Å². The number of benzene rings is 1. The van der Waals surface area contributed by atoms with Crippen LogP contribution in [0.2, 0.25) is 0 Å². The fraction of sp³-hybridized carbons (Fsp3) is 0.182. The van der Waals surface area contributed by atoms with E-state index in [1.165, 1.54) is 12.1 Å². The lowest BCUT2D eigenvalue weighted by molar-refractivity contribution is 0.598. The van der Waals surface area contributed by atoms with Crippen molar-refractivity contribution in [3.05, 3.63) is 40.3 Å². The Morgan fingerprint density at radius 3 is 2.50 bits per heavy atom. The van der Waals surface area contributed by atoms with Gasteiger partial charge in [0.2, 0.25) is 10.0 Å². The lowest BCUT2D eigenvalue weighted by Crippen LogP contribution is -2.11. The molecule has 2 aromatic rings. The maximum Gasteiger partial charge on any atom is 0.238 e. The number of nitrogens with zero attached hydrogens (tertiary/aromatic N) is 1. The largest absolute Gasteiger partial charge is 0.379 e. The smallest absolute Gasteiger partial charge is 0.238 e. The second-order valence-electron chi connectivity index (χ2n) is 3.81. The van der Waals surface area contributed by atoms with Crippen molar-refractivity contribution < 1.29 is 8.42 Å². The number of nitrogens with two attached hydrogens (primary N) is 1. The molecule has 96 valence electrons. The lowest BCUT2D eigenvalue weighted by Gasteiger charge is -2.05. The van der Waals surface area contributed by atoms with E-state index in [0.29, 0.717) is 6.54 Å². The van der Waals surface area contributed by atoms with Crippen LogP contribution < -0.4 is 10.5 Å². The number of rotatable bonds is 4. The van der Waals surface area contributed by atoms with Crippen LogP contribution in [0, 0.1) is 6.92 Å². The molecule has 0 saturated heterocycles. The van der Waals surface area contributed by atoms with E-state index in [0.717, 1.165) is 16.4 Å². The van der Waals surface area contributed by atoms with Gasteiger partial charge in [0.15, 0.2) is 0 Å². The van der Waals surface area contributed by atoms with Gasteiger partial charge in [0.1, 0.15) is 5.01 Å². The molecule has 2 rings (SSSR count). The van der Waals surface area contributed by atoms with E-state index in [4.69, 9.17) is 5.14 Å². The average Bonchev–Trinajstić information content (AvgIpc) is 2.72. The molecule has 0 fully saturated rings. The third kappa shape index (κ3) is 3.28. The summed E-state index contributed by atoms with van der Waals surface area (Å²) < 4.78 is 22.2. The number of anilines is 1. The number of aryl methyl sites for hydroxylation is 1. The molecule has 0 aliphatic rings. The van der Waals surface area contributed by atoms with E-state index in [1.54, 1.807) is 23.5 Å². The molecule has 0 unspecified atom stereocenters. The van der Waals surface area contributed by atoms with Crippen molar-refractivity contribution in [1.29, 1.82) is 0 Å². The van der Waals surface area contributed by atoms with Crippen LogP contribution in [0.1, 0.15) is 10.7 Å². The third-order valence-corrected chi connectivity index (χ3v) is 4.19. The summed E-state index contributed by atoms with van der Waals surface area (Å²) in [5, 5.41) is 11.2. The maximum atomic E-state index is 11.1. The highest BCUT2D eigenvalue weighted by molar-refractivity contribution is 7.89. The minimum Gasteiger partial charge on any atom is -0.379 e. The molecule has 1 aromatic heterocycles. The standard InChI is InChI=1S/C11H13N3O2S2/c1-8-7-17-11(14-8)6-13-9-2-4-10(5-3-9)18(12,15)16/h2-5,7,13H,6H2,1H3,(H2,12,15,16). The van der Waals surface area contributed by atoms with Crippen LogP contribution in [0.15, 0.2) is 34.5 Å². The van der Waals surface area contributed by atoms with Crippen LogP contribution in [0.4, 0.5) is 5.69 Å². The molecule has 0 atom stereocenters. The van der Waals surface area contributed by atoms with Crippen LogP contribution in [-0.2, 0) is 16.6 Å². The van der Waals surface area contributed by atoms with Crippen molar-refractivity contribution in [2.24, 2.45) is 5.14 Å². The summed E-state index contributed by atoms with van der Waals surface area (Å²) in [6, 6.07) is 6.32. The Morgan fingerprint density at radius 1 is 1.33 bits per heavy atom. The van der Waals surface area contributed by atoms with Crippen LogP contribution in [0.3, 0.4) is 0 Å². The van der Waals surface area contributed by atoms with Gasteiger partial charge in [-0.2, -0.15) is 0 Å². The predicted octanol–water partition coefficient (Wildman–Crippen LogP) is 1.71. The molecule has 3 N–H and O–H groups in total. The van der Waals surface area contributed by atoms with Gasteiger partial charge in [0, 0.05) is 16.8 Å². The quantitative estimate of drug-likeness (QED) is 0.894. The Bertz CT molecular complexity index is 633. The van der Waals surface area contributed by atoms with Gasteiger partial charge in [0.05, 0.1) is 11.4 Å². The summed E-state index contributed by atoms with van der Waals surface area (Å²) >= 11 is 1.59. The molecule has 7 heteroatoms. The number of hydrogen-bond donors (Lipinski definition) is 2. The van der Waals surface area contributed by atoms with Gasteiger partial charge < -0.3 is 5.32 Å². The number of nitrogens with one attached hydrogen (secondary N) is 1. The first kappa shape index (κ1) is 13.0. The van der Waals surface area contributed by atoms with Crippen molar-refractivity contribution >= 4 is 27.0 Å². The fourth-order valence-corrected chi connectivity index (χ4v) is 2.65. The van der Waals surface area contributed by atoms with E-state index >= 15 is 0 Å². The number of sulfonamides is 1. The zero-order valence-electron chi connectivity index (χ0n) is 9.75. The molecule has 18 heavy (non-hydrogen) atoms. The SMILES string of the molecule is Cc1csc(CNc2ccc(S(N)(=O)=O)cc2)n1. The summed E-state index contributed by atoms with van der Waals surface area (Å²) in [6.07, 6.45) is 0. The van der Waals surface area contributed by atoms with Crippen LogP contribution >= 0.6 is 11.3 Å². The Hall–Kier alpha value is -1.44. The Morgan fingerprint density at radius 2 is 2.00 bits per heavy atom. The minimum absolute atomic E-state index is 0.109. The number of thiazole rings is 1. The summed E-state index contributed by atoms with van der Waals surface area (Å²) in [5.41, 5.74) is 1.83. The summed E-state index contributed by atoms with van der Waals surface area (Å²) in [5.74, 6) is 0. The molecular formula is C11H13N3O2S2. The summed E-state index contributed by atoms with van der Waals surface area (Å²) in [6.45, 7) is 2.56. The van der Waals surface area contributed by atoms with Gasteiger partial charge in [-0.3, -0.25) is 0 Å². The van der Waals surface area contributed by atoms with E-state index in [1.807, 2.05) is 12.3 Å². The van der Waals surface area contributed by atoms with E-state index in [9.17, 15) is 8.42 Å². The molecule has 0 saturated carbocycles. The van der Waals surface area contributed by atoms with Gasteiger partial charge >= 0.3 is 0 Å². The molecular weight excluding hydrogens is 270 g/mol. The second-order valence-corrected chi connectivity index (χ2v) is 6.31. The van der Waals surface area contributed by atoms with E-state index in [-0.39, 0.29) is 4.90 Å². The zero-order chi connectivity index (χ0) is 13.2. The third-order valence-electron chi connectivity index (χ3n) is 2.29. The predicted molar refractivity (Wildman–Crippen MR) is 72.0 cm³/mol. The van der Waals surface area contributed by atoms with Crippen LogP contribution in [0.5, 0.6) is 0 Å². The number of hydrogen-bond acceptors (Lipinski definition) is 5. The van der Waals surface area contributed by atoms with Crippen LogP contribution in [0.25, 0.3) is 0 Å². The average molecular weight is 283 g/mol. The van der Waals surface area contributed by atoms with Crippen molar-refractivity contribution in [3.63, 3.8) is 0 Å². The Labute approximate surface area is 110 Å². The molecule has 1 heterocycles. The highest BCUT2D eigenvalue weighted by Crippen LogP contribution is 2.15. The number of primary sulfonamides is 1. The van der Waals surface area contributed by atoms with Crippen molar-refractivity contribution in [2.75, 3.05) is 5.32 Å². The highest BCUT2D eigenvalue weighted by atomic mass is 32.2. The topological polar surface area (TPSA) is 85.1 Å². The van der Waals surface area contributed by atoms with Crippen molar-refractivity contribution in [3.8, 4) is 0 Å². The van der Waals surface area contributed by atoms with Gasteiger partial charge in [-0.05, 0) is 31.2 Å². The molecule has 0 spiro atoms. The van der Waals surface area contributed by atoms with Gasteiger partial charge in [-0.15, -0.1) is 11.3 Å². The lowest BCUT2D eigenvalue weighted by atomic mass is 10.3. The Kier molecular flexibility index (Phi) is 3.65. The summed E-state index contributed by atoms with van der Waals surface area (Å²) in [7, 11) is -3.62. The molecule has 0 aliphatic carbocycles. The molecule has 0 amide bonds. The van der Waals surface area contributed by atoms with Gasteiger partial charge in [0.25, 0.3) is 0 Å². The molecule has 5 nitrogen and oxygen atoms in total. The monoisotopic (exact) mass is 283 g/mol. The van der Waals surface area contributed by atoms with Crippen molar-refractivity contribution in [1.82, 2.24) is 4.98 Å². The Balaban J connectivity index is 2.03. The maximum absolute atomic E-state index is 11.1. The molecule has 0 radical (unpaired) electrons. The van der Waals surface area contributed by atoms with Gasteiger partial charge in [-0.1, -0.05) is 0 Å². The zero-order valence-corrected chi connectivity index (χ0v) is 11.4. The molecule has 0 bridgehead atoms. The van der Waals surface area contributed by atoms with E-state index in [2.05, 4.69) is 10.3 Å². The van der Waals surface area contributed by atoms with E-state index < -0.39 is 10.0 Å². The first-order valence-corrected chi connectivity index (χ1v) is 7.65. The van der Waals surface area contributed by atoms with Gasteiger partial charge in [-0.25, -0.2) is 18.5 Å². The normalized spacial score (nSPS) is 11.4. The molecule has 0 aliphatic heterocycles. The van der Waals surface area contributed by atoms with Crippen LogP contribution in [-0.4, -0.2) is 13.4 Å². The second kappa shape index (κ2) is 5.05. The highest BCUT2D eigenvalue weighted by Gasteiger charge is 2.06. The minimum atomic E-state index is -3.62. The first-order valence-electron chi connectivity index (χ1n) is 5.23. The first-order chi connectivity index (χ1) is 8.45.